The van der Waals surface area contributed by atoms with E-state index in [1.165, 1.54) is 0 Å². The van der Waals surface area contributed by atoms with Gasteiger partial charge in [0.1, 0.15) is 0 Å². The minimum absolute atomic E-state index is 0.500. The first-order chi connectivity index (χ1) is 8.08. The summed E-state index contributed by atoms with van der Waals surface area (Å²) in [5.41, 5.74) is 7.92. The van der Waals surface area contributed by atoms with E-state index in [0.717, 1.165) is 13.7 Å². The van der Waals surface area contributed by atoms with Gasteiger partial charge in [-0.3, -0.25) is 4.98 Å². The van der Waals surface area contributed by atoms with Gasteiger partial charge in [-0.15, -0.1) is 0 Å². The van der Waals surface area contributed by atoms with Crippen LogP contribution in [0.3, 0.4) is 0 Å². The van der Waals surface area contributed by atoms with E-state index in [-0.39, 0.29) is 0 Å². The normalized spacial score (nSPS) is 10.3. The van der Waals surface area contributed by atoms with E-state index in [1.54, 1.807) is 12.4 Å². The lowest BCUT2D eigenvalue weighted by atomic mass is 10.3. The van der Waals surface area contributed by atoms with E-state index in [1.807, 2.05) is 18.2 Å². The fourth-order valence-corrected chi connectivity index (χ4v) is 2.23. The molecular weight excluding hydrogens is 416 g/mol. The zero-order valence-corrected chi connectivity index (χ0v) is 13.0. The summed E-state index contributed by atoms with van der Waals surface area (Å²) in [6.45, 7) is 0. The maximum atomic E-state index is 6.03. The van der Waals surface area contributed by atoms with Crippen molar-refractivity contribution in [1.29, 1.82) is 0 Å². The fourth-order valence-electron chi connectivity index (χ4n) is 1.30. The molecule has 2 rings (SSSR count). The lowest BCUT2D eigenvalue weighted by Crippen LogP contribution is -1.98. The van der Waals surface area contributed by atoms with Crippen molar-refractivity contribution >= 4 is 67.2 Å². The largest absolute Gasteiger partial charge is 0.396 e. The standard InChI is InChI=1S/C11H8BrClIN3/c12-7-3-6(1-2-9(7)14)17-11-8(13)4-16-5-10(11)15/h1-5H,15H2,(H,16,17). The molecule has 88 valence electrons. The van der Waals surface area contributed by atoms with Crippen LogP contribution in [0, 0.1) is 3.57 Å². The lowest BCUT2D eigenvalue weighted by molar-refractivity contribution is 1.33. The maximum absolute atomic E-state index is 6.03. The predicted molar refractivity (Wildman–Crippen MR) is 83.8 cm³/mol. The van der Waals surface area contributed by atoms with Crippen LogP contribution < -0.4 is 11.1 Å². The highest BCUT2D eigenvalue weighted by Gasteiger charge is 2.06. The Labute approximate surface area is 126 Å². The summed E-state index contributed by atoms with van der Waals surface area (Å²) in [7, 11) is 0. The Balaban J connectivity index is 2.35. The average Bonchev–Trinajstić information content (AvgIpc) is 2.28. The number of halogens is 3. The molecule has 1 heterocycles. The number of benzene rings is 1. The molecule has 0 amide bonds. The molecule has 1 aromatic carbocycles. The minimum Gasteiger partial charge on any atom is -0.396 e. The summed E-state index contributed by atoms with van der Waals surface area (Å²) in [4.78, 5) is 3.91. The number of anilines is 3. The van der Waals surface area contributed by atoms with Gasteiger partial charge in [0, 0.05) is 19.9 Å². The van der Waals surface area contributed by atoms with Crippen molar-refractivity contribution in [2.45, 2.75) is 0 Å². The maximum Gasteiger partial charge on any atom is 0.0845 e. The number of hydrogen-bond acceptors (Lipinski definition) is 3. The number of nitrogens with one attached hydrogen (secondary N) is 1. The lowest BCUT2D eigenvalue weighted by Gasteiger charge is -2.11. The van der Waals surface area contributed by atoms with Crippen LogP contribution in [0.5, 0.6) is 0 Å². The quantitative estimate of drug-likeness (QED) is 0.702. The van der Waals surface area contributed by atoms with Gasteiger partial charge >= 0.3 is 0 Å². The highest BCUT2D eigenvalue weighted by atomic mass is 127. The number of pyridine rings is 1. The topological polar surface area (TPSA) is 50.9 Å². The van der Waals surface area contributed by atoms with Crippen LogP contribution in [0.1, 0.15) is 0 Å². The molecule has 0 saturated carbocycles. The van der Waals surface area contributed by atoms with E-state index in [2.05, 4.69) is 48.8 Å². The van der Waals surface area contributed by atoms with Crippen molar-refractivity contribution in [3.05, 3.63) is 43.7 Å². The summed E-state index contributed by atoms with van der Waals surface area (Å²) >= 11 is 11.8. The van der Waals surface area contributed by atoms with Crippen molar-refractivity contribution in [2.24, 2.45) is 0 Å². The van der Waals surface area contributed by atoms with Crippen LogP contribution in [0.2, 0.25) is 5.02 Å². The van der Waals surface area contributed by atoms with Crippen LogP contribution in [-0.4, -0.2) is 4.98 Å². The molecule has 0 aliphatic carbocycles. The second-order valence-corrected chi connectivity index (χ2v) is 5.76. The van der Waals surface area contributed by atoms with Gasteiger partial charge in [-0.25, -0.2) is 0 Å². The summed E-state index contributed by atoms with van der Waals surface area (Å²) in [6, 6.07) is 5.93. The minimum atomic E-state index is 0.500. The molecule has 0 spiro atoms. The van der Waals surface area contributed by atoms with Crippen molar-refractivity contribution in [1.82, 2.24) is 4.98 Å². The number of aromatic nitrogens is 1. The number of rotatable bonds is 2. The second-order valence-electron chi connectivity index (χ2n) is 3.34. The Morgan fingerprint density at radius 2 is 2.12 bits per heavy atom. The SMILES string of the molecule is Nc1cncc(Cl)c1Nc1ccc(I)c(Br)c1. The number of nitrogens with zero attached hydrogens (tertiary/aromatic N) is 1. The predicted octanol–water partition coefficient (Wildman–Crippen LogP) is 4.43. The average molecular weight is 424 g/mol. The molecule has 6 heteroatoms. The number of nitrogens with two attached hydrogens (primary N) is 1. The van der Waals surface area contributed by atoms with E-state index in [4.69, 9.17) is 17.3 Å². The molecule has 3 nitrogen and oxygen atoms in total. The van der Waals surface area contributed by atoms with Gasteiger partial charge in [0.15, 0.2) is 0 Å². The smallest absolute Gasteiger partial charge is 0.0845 e. The Kier molecular flexibility index (Phi) is 4.11. The third-order valence-corrected chi connectivity index (χ3v) is 4.74. The van der Waals surface area contributed by atoms with E-state index < -0.39 is 0 Å². The Morgan fingerprint density at radius 1 is 1.35 bits per heavy atom. The van der Waals surface area contributed by atoms with Crippen molar-refractivity contribution in [2.75, 3.05) is 11.1 Å². The van der Waals surface area contributed by atoms with Crippen molar-refractivity contribution in [3.8, 4) is 0 Å². The van der Waals surface area contributed by atoms with Crippen LogP contribution in [0.15, 0.2) is 35.1 Å². The molecule has 1 aromatic heterocycles. The summed E-state index contributed by atoms with van der Waals surface area (Å²) in [6.07, 6.45) is 3.12. The van der Waals surface area contributed by atoms with Gasteiger partial charge in [0.25, 0.3) is 0 Å². The van der Waals surface area contributed by atoms with E-state index in [0.29, 0.717) is 16.4 Å². The van der Waals surface area contributed by atoms with Gasteiger partial charge in [-0.2, -0.15) is 0 Å². The van der Waals surface area contributed by atoms with Gasteiger partial charge in [0.2, 0.25) is 0 Å². The third kappa shape index (κ3) is 3.02. The third-order valence-electron chi connectivity index (χ3n) is 2.12. The monoisotopic (exact) mass is 423 g/mol. The molecule has 0 bridgehead atoms. The first-order valence-electron chi connectivity index (χ1n) is 4.69. The number of nitrogen functional groups attached to an aromatic ring is 1. The summed E-state index contributed by atoms with van der Waals surface area (Å²) in [5, 5.41) is 3.68. The van der Waals surface area contributed by atoms with Gasteiger partial charge in [0.05, 0.1) is 22.6 Å². The molecule has 0 aliphatic rings. The van der Waals surface area contributed by atoms with Crippen LogP contribution >= 0.6 is 50.1 Å². The molecule has 0 atom stereocenters. The highest BCUT2D eigenvalue weighted by molar-refractivity contribution is 14.1. The Hall–Kier alpha value is -0.530. The molecule has 0 radical (unpaired) electrons. The van der Waals surface area contributed by atoms with Crippen molar-refractivity contribution in [3.63, 3.8) is 0 Å². The zero-order valence-electron chi connectivity index (χ0n) is 8.55. The molecule has 2 aromatic rings. The first kappa shape index (κ1) is 12.9. The molecule has 0 unspecified atom stereocenters. The summed E-state index contributed by atoms with van der Waals surface area (Å²) < 4.78 is 2.16. The first-order valence-corrected chi connectivity index (χ1v) is 6.94. The van der Waals surface area contributed by atoms with Crippen LogP contribution in [-0.2, 0) is 0 Å². The Bertz CT molecular complexity index is 542. The van der Waals surface area contributed by atoms with Crippen molar-refractivity contribution < 1.29 is 0 Å². The van der Waals surface area contributed by atoms with Crippen LogP contribution in [0.4, 0.5) is 17.1 Å². The van der Waals surface area contributed by atoms with E-state index >= 15 is 0 Å². The molecule has 0 saturated heterocycles. The highest BCUT2D eigenvalue weighted by Crippen LogP contribution is 2.31. The molecule has 0 fully saturated rings. The Morgan fingerprint density at radius 3 is 2.76 bits per heavy atom. The second kappa shape index (κ2) is 5.41. The van der Waals surface area contributed by atoms with Crippen LogP contribution in [0.25, 0.3) is 0 Å². The van der Waals surface area contributed by atoms with Gasteiger partial charge in [-0.05, 0) is 56.7 Å². The molecule has 0 aliphatic heterocycles. The van der Waals surface area contributed by atoms with Gasteiger partial charge < -0.3 is 11.1 Å². The molecular formula is C11H8BrClIN3. The zero-order chi connectivity index (χ0) is 12.4. The molecule has 3 N–H and O–H groups in total. The molecule has 17 heavy (non-hydrogen) atoms. The van der Waals surface area contributed by atoms with Gasteiger partial charge in [-0.1, -0.05) is 11.6 Å². The fraction of sp³-hybridized carbons (Fsp3) is 0. The summed E-state index contributed by atoms with van der Waals surface area (Å²) in [5.74, 6) is 0. The van der Waals surface area contributed by atoms with E-state index in [9.17, 15) is 0 Å². The number of hydrogen-bond donors (Lipinski definition) is 2.